The molecular weight excluding hydrogens is 212 g/mol. The summed E-state index contributed by atoms with van der Waals surface area (Å²) < 4.78 is 25.2. The summed E-state index contributed by atoms with van der Waals surface area (Å²) in [5, 5.41) is -0.325. The van der Waals surface area contributed by atoms with Gasteiger partial charge in [0.2, 0.25) is 10.0 Å². The predicted molar refractivity (Wildman–Crippen MR) is 62.3 cm³/mol. The Kier molecular flexibility index (Phi) is 4.14. The molecule has 1 saturated heterocycles. The van der Waals surface area contributed by atoms with Gasteiger partial charge in [0.25, 0.3) is 0 Å². The second kappa shape index (κ2) is 4.80. The number of hydrogen-bond donors (Lipinski definition) is 0. The molecule has 90 valence electrons. The zero-order chi connectivity index (χ0) is 11.6. The third-order valence-electron chi connectivity index (χ3n) is 3.17. The molecule has 0 aliphatic carbocycles. The van der Waals surface area contributed by atoms with Crippen molar-refractivity contribution in [2.75, 3.05) is 27.2 Å². The normalized spacial score (nSPS) is 24.3. The van der Waals surface area contributed by atoms with E-state index in [1.54, 1.807) is 20.9 Å². The van der Waals surface area contributed by atoms with E-state index in [1.807, 2.05) is 0 Å². The lowest BCUT2D eigenvalue weighted by molar-refractivity contribution is 0.270. The average molecular weight is 234 g/mol. The van der Waals surface area contributed by atoms with Crippen LogP contribution in [0.5, 0.6) is 0 Å². The molecule has 0 aromatic carbocycles. The van der Waals surface area contributed by atoms with Gasteiger partial charge in [-0.25, -0.2) is 12.7 Å². The van der Waals surface area contributed by atoms with Crippen LogP contribution in [-0.4, -0.2) is 56.1 Å². The van der Waals surface area contributed by atoms with Crippen molar-refractivity contribution >= 4 is 10.0 Å². The maximum absolute atomic E-state index is 11.8. The molecule has 0 bridgehead atoms. The predicted octanol–water partition coefficient (Wildman–Crippen LogP) is 0.751. The van der Waals surface area contributed by atoms with E-state index < -0.39 is 10.0 Å². The van der Waals surface area contributed by atoms with Crippen LogP contribution in [0.15, 0.2) is 0 Å². The first kappa shape index (κ1) is 12.9. The highest BCUT2D eigenvalue weighted by Crippen LogP contribution is 2.17. The molecular formula is C10H22N2O2S. The zero-order valence-electron chi connectivity index (χ0n) is 10.1. The Morgan fingerprint density at radius 1 is 1.47 bits per heavy atom. The van der Waals surface area contributed by atoms with Crippen LogP contribution in [0, 0.1) is 0 Å². The van der Waals surface area contributed by atoms with E-state index in [1.165, 1.54) is 10.7 Å². The molecule has 5 heteroatoms. The van der Waals surface area contributed by atoms with E-state index in [0.717, 1.165) is 13.0 Å². The van der Waals surface area contributed by atoms with E-state index in [2.05, 4.69) is 11.9 Å². The highest BCUT2D eigenvalue weighted by molar-refractivity contribution is 7.89. The first-order valence-electron chi connectivity index (χ1n) is 5.51. The molecule has 0 saturated carbocycles. The SMILES string of the molecule is CC(C)S(=O)(=O)N(C)CC1CCCN1C. The van der Waals surface area contributed by atoms with Crippen LogP contribution in [0.2, 0.25) is 0 Å². The van der Waals surface area contributed by atoms with Gasteiger partial charge in [0.05, 0.1) is 5.25 Å². The second-order valence-electron chi connectivity index (χ2n) is 4.65. The number of nitrogens with zero attached hydrogens (tertiary/aromatic N) is 2. The van der Waals surface area contributed by atoms with E-state index in [4.69, 9.17) is 0 Å². The summed E-state index contributed by atoms with van der Waals surface area (Å²) >= 11 is 0. The molecule has 0 N–H and O–H groups in total. The zero-order valence-corrected chi connectivity index (χ0v) is 10.9. The first-order valence-corrected chi connectivity index (χ1v) is 7.01. The van der Waals surface area contributed by atoms with Crippen molar-refractivity contribution in [1.29, 1.82) is 0 Å². The van der Waals surface area contributed by atoms with Crippen LogP contribution in [0.3, 0.4) is 0 Å². The van der Waals surface area contributed by atoms with Crippen LogP contribution < -0.4 is 0 Å². The van der Waals surface area contributed by atoms with Gasteiger partial charge in [-0.2, -0.15) is 0 Å². The number of sulfonamides is 1. The molecule has 1 atom stereocenters. The monoisotopic (exact) mass is 234 g/mol. The Balaban J connectivity index is 2.59. The molecule has 0 amide bonds. The molecule has 1 rings (SSSR count). The maximum Gasteiger partial charge on any atom is 0.216 e. The summed E-state index contributed by atoms with van der Waals surface area (Å²) in [5.41, 5.74) is 0. The quantitative estimate of drug-likeness (QED) is 0.721. The molecule has 4 nitrogen and oxygen atoms in total. The lowest BCUT2D eigenvalue weighted by Crippen LogP contribution is -2.42. The van der Waals surface area contributed by atoms with Gasteiger partial charge in [-0.05, 0) is 40.3 Å². The Hall–Kier alpha value is -0.130. The van der Waals surface area contributed by atoms with Gasteiger partial charge in [-0.15, -0.1) is 0 Å². The van der Waals surface area contributed by atoms with Crippen molar-refractivity contribution in [2.45, 2.75) is 38.0 Å². The third-order valence-corrected chi connectivity index (χ3v) is 5.38. The largest absolute Gasteiger partial charge is 0.302 e. The Bertz CT molecular complexity index is 301. The summed E-state index contributed by atoms with van der Waals surface area (Å²) in [4.78, 5) is 2.24. The Morgan fingerprint density at radius 2 is 2.07 bits per heavy atom. The molecule has 1 fully saturated rings. The lowest BCUT2D eigenvalue weighted by atomic mass is 10.2. The van der Waals surface area contributed by atoms with Crippen molar-refractivity contribution in [2.24, 2.45) is 0 Å². The highest BCUT2D eigenvalue weighted by atomic mass is 32.2. The van der Waals surface area contributed by atoms with E-state index >= 15 is 0 Å². The van der Waals surface area contributed by atoms with Crippen molar-refractivity contribution in [1.82, 2.24) is 9.21 Å². The average Bonchev–Trinajstić information content (AvgIpc) is 2.51. The van der Waals surface area contributed by atoms with Gasteiger partial charge >= 0.3 is 0 Å². The molecule has 15 heavy (non-hydrogen) atoms. The molecule has 0 aromatic heterocycles. The van der Waals surface area contributed by atoms with Crippen LogP contribution in [-0.2, 0) is 10.0 Å². The standard InChI is InChI=1S/C10H22N2O2S/c1-9(2)15(13,14)12(4)8-10-6-5-7-11(10)3/h9-10H,5-8H2,1-4H3. The summed E-state index contributed by atoms with van der Waals surface area (Å²) in [6.45, 7) is 5.16. The van der Waals surface area contributed by atoms with Crippen molar-refractivity contribution in [3.63, 3.8) is 0 Å². The smallest absolute Gasteiger partial charge is 0.216 e. The van der Waals surface area contributed by atoms with Crippen LogP contribution >= 0.6 is 0 Å². The Labute approximate surface area is 93.3 Å². The van der Waals surface area contributed by atoms with Crippen LogP contribution in [0.1, 0.15) is 26.7 Å². The molecule has 0 aromatic rings. The molecule has 0 radical (unpaired) electrons. The van der Waals surface area contributed by atoms with Gasteiger partial charge in [-0.3, -0.25) is 0 Å². The topological polar surface area (TPSA) is 40.6 Å². The van der Waals surface area contributed by atoms with Gasteiger partial charge in [0.1, 0.15) is 0 Å². The molecule has 1 aliphatic heterocycles. The third kappa shape index (κ3) is 2.92. The summed E-state index contributed by atoms with van der Waals surface area (Å²) in [7, 11) is 0.664. The van der Waals surface area contributed by atoms with Gasteiger partial charge < -0.3 is 4.90 Å². The maximum atomic E-state index is 11.8. The minimum atomic E-state index is -3.08. The summed E-state index contributed by atoms with van der Waals surface area (Å²) in [5.74, 6) is 0. The fraction of sp³-hybridized carbons (Fsp3) is 1.00. The minimum Gasteiger partial charge on any atom is -0.302 e. The Morgan fingerprint density at radius 3 is 2.47 bits per heavy atom. The van der Waals surface area contributed by atoms with Crippen molar-refractivity contribution in [3.05, 3.63) is 0 Å². The van der Waals surface area contributed by atoms with E-state index in [0.29, 0.717) is 12.6 Å². The van der Waals surface area contributed by atoms with Gasteiger partial charge in [0, 0.05) is 19.6 Å². The number of rotatable bonds is 4. The number of likely N-dealkylation sites (tertiary alicyclic amines) is 1. The first-order chi connectivity index (χ1) is 6.85. The molecule has 0 spiro atoms. The van der Waals surface area contributed by atoms with Crippen LogP contribution in [0.4, 0.5) is 0 Å². The van der Waals surface area contributed by atoms with Crippen molar-refractivity contribution in [3.8, 4) is 0 Å². The fourth-order valence-corrected chi connectivity index (χ4v) is 3.07. The van der Waals surface area contributed by atoms with Crippen molar-refractivity contribution < 1.29 is 8.42 Å². The fourth-order valence-electron chi connectivity index (χ4n) is 1.97. The van der Waals surface area contributed by atoms with Gasteiger partial charge in [0.15, 0.2) is 0 Å². The van der Waals surface area contributed by atoms with E-state index in [-0.39, 0.29) is 5.25 Å². The highest BCUT2D eigenvalue weighted by Gasteiger charge is 2.28. The minimum absolute atomic E-state index is 0.325. The van der Waals surface area contributed by atoms with Crippen LogP contribution in [0.25, 0.3) is 0 Å². The summed E-state index contributed by atoms with van der Waals surface area (Å²) in [6, 6.07) is 0.392. The number of likely N-dealkylation sites (N-methyl/N-ethyl adjacent to an activating group) is 2. The number of hydrogen-bond acceptors (Lipinski definition) is 3. The van der Waals surface area contributed by atoms with E-state index in [9.17, 15) is 8.42 Å². The second-order valence-corrected chi connectivity index (χ2v) is 7.25. The molecule has 1 aliphatic rings. The van der Waals surface area contributed by atoms with Gasteiger partial charge in [-0.1, -0.05) is 0 Å². The summed E-state index contributed by atoms with van der Waals surface area (Å²) in [6.07, 6.45) is 2.28. The molecule has 1 heterocycles. The molecule has 1 unspecified atom stereocenters. The lowest BCUT2D eigenvalue weighted by Gasteiger charge is -2.26.